The van der Waals surface area contributed by atoms with Crippen LogP contribution in [0.2, 0.25) is 0 Å². The van der Waals surface area contributed by atoms with Crippen molar-refractivity contribution in [2.24, 2.45) is 0 Å². The van der Waals surface area contributed by atoms with E-state index < -0.39 is 0 Å². The fourth-order valence-corrected chi connectivity index (χ4v) is 10.8. The number of aromatic nitrogens is 2. The molecule has 0 saturated carbocycles. The Labute approximate surface area is 357 Å². The number of fused-ring (bicyclic) bond motifs is 12. The summed E-state index contributed by atoms with van der Waals surface area (Å²) in [4.78, 5) is 0. The summed E-state index contributed by atoms with van der Waals surface area (Å²) in [6, 6.07) is 81.0. The number of para-hydroxylation sites is 2. The summed E-state index contributed by atoms with van der Waals surface area (Å²) in [6.07, 6.45) is 0. The quantitative estimate of drug-likeness (QED) is 0.157. The van der Waals surface area contributed by atoms with E-state index in [2.05, 4.69) is 228 Å². The Balaban J connectivity index is 0.860. The molecule has 2 nitrogen and oxygen atoms in total. The van der Waals surface area contributed by atoms with E-state index in [0.29, 0.717) is 0 Å². The second kappa shape index (κ2) is 12.7. The number of hydrogen-bond donors (Lipinski definition) is 0. The SMILES string of the molecule is c1ccc2c(-n3c4ccccc4c4cc(-c5ccc6c(c5)c5ccccc5n6-c5ccc(-c6ccc7c(c6)-c6cc8ccccc8c8cccc-7c68)cc5)ccc43)cccc2c1. The van der Waals surface area contributed by atoms with Gasteiger partial charge in [-0.2, -0.15) is 0 Å². The van der Waals surface area contributed by atoms with Crippen LogP contribution in [0.5, 0.6) is 0 Å². The van der Waals surface area contributed by atoms with Crippen LogP contribution < -0.4 is 0 Å². The topological polar surface area (TPSA) is 9.86 Å². The predicted octanol–water partition coefficient (Wildman–Crippen LogP) is 16.3. The number of rotatable bonds is 4. The van der Waals surface area contributed by atoms with Crippen molar-refractivity contribution in [2.75, 3.05) is 0 Å². The van der Waals surface area contributed by atoms with Crippen LogP contribution in [0.3, 0.4) is 0 Å². The molecule has 2 aromatic heterocycles. The summed E-state index contributed by atoms with van der Waals surface area (Å²) in [6.45, 7) is 0. The Bertz CT molecular complexity index is 4020. The summed E-state index contributed by atoms with van der Waals surface area (Å²) in [5, 5.41) is 12.8. The van der Waals surface area contributed by atoms with Gasteiger partial charge in [0.1, 0.15) is 0 Å². The fraction of sp³-hybridized carbons (Fsp3) is 0. The second-order valence-electron chi connectivity index (χ2n) is 16.8. The molecule has 1 aliphatic rings. The lowest BCUT2D eigenvalue weighted by Crippen LogP contribution is -1.95. The van der Waals surface area contributed by atoms with E-state index in [1.807, 2.05) is 0 Å². The lowest BCUT2D eigenvalue weighted by atomic mass is 9.95. The van der Waals surface area contributed by atoms with Crippen molar-refractivity contribution in [3.8, 4) is 55.9 Å². The van der Waals surface area contributed by atoms with E-state index in [1.165, 1.54) is 126 Å². The number of hydrogen-bond acceptors (Lipinski definition) is 0. The molecule has 286 valence electrons. The summed E-state index contributed by atoms with van der Waals surface area (Å²) < 4.78 is 4.86. The minimum Gasteiger partial charge on any atom is -0.309 e. The zero-order valence-corrected chi connectivity index (χ0v) is 33.7. The van der Waals surface area contributed by atoms with Crippen molar-refractivity contribution < 1.29 is 0 Å². The first kappa shape index (κ1) is 33.6. The summed E-state index contributed by atoms with van der Waals surface area (Å²) in [5.74, 6) is 0. The van der Waals surface area contributed by atoms with Crippen molar-refractivity contribution in [2.45, 2.75) is 0 Å². The maximum Gasteiger partial charge on any atom is 0.0541 e. The van der Waals surface area contributed by atoms with Crippen molar-refractivity contribution in [1.29, 1.82) is 0 Å². The van der Waals surface area contributed by atoms with Crippen LogP contribution >= 0.6 is 0 Å². The third-order valence-corrected chi connectivity index (χ3v) is 13.6. The zero-order chi connectivity index (χ0) is 40.5. The highest BCUT2D eigenvalue weighted by atomic mass is 15.0. The van der Waals surface area contributed by atoms with Crippen LogP contribution in [-0.2, 0) is 0 Å². The highest BCUT2D eigenvalue weighted by Gasteiger charge is 2.23. The van der Waals surface area contributed by atoms with Crippen LogP contribution in [0.1, 0.15) is 0 Å². The average molecular weight is 785 g/mol. The molecule has 1 aliphatic carbocycles. The first-order valence-electron chi connectivity index (χ1n) is 21.5. The molecule has 0 saturated heterocycles. The maximum atomic E-state index is 2.43. The lowest BCUT2D eigenvalue weighted by Gasteiger charge is -2.12. The van der Waals surface area contributed by atoms with Gasteiger partial charge in [-0.1, -0.05) is 152 Å². The highest BCUT2D eigenvalue weighted by molar-refractivity contribution is 6.24. The minimum atomic E-state index is 1.15. The van der Waals surface area contributed by atoms with Gasteiger partial charge in [0.15, 0.2) is 0 Å². The molecule has 0 aliphatic heterocycles. The fourth-order valence-electron chi connectivity index (χ4n) is 10.8. The Hall–Kier alpha value is -8.20. The van der Waals surface area contributed by atoms with Crippen molar-refractivity contribution in [3.05, 3.63) is 218 Å². The first-order valence-corrected chi connectivity index (χ1v) is 21.5. The molecule has 0 N–H and O–H groups in total. The maximum absolute atomic E-state index is 2.43. The number of nitrogens with zero attached hydrogens (tertiary/aromatic N) is 2. The molecular weight excluding hydrogens is 749 g/mol. The first-order chi connectivity index (χ1) is 30.7. The van der Waals surface area contributed by atoms with Gasteiger partial charge in [0.2, 0.25) is 0 Å². The van der Waals surface area contributed by atoms with E-state index in [-0.39, 0.29) is 0 Å². The van der Waals surface area contributed by atoms with Crippen molar-refractivity contribution >= 4 is 75.9 Å². The molecule has 13 aromatic rings. The molecule has 0 radical (unpaired) electrons. The van der Waals surface area contributed by atoms with Crippen LogP contribution in [-0.4, -0.2) is 9.13 Å². The van der Waals surface area contributed by atoms with Gasteiger partial charge in [-0.3, -0.25) is 0 Å². The zero-order valence-electron chi connectivity index (χ0n) is 33.7. The molecular formula is C60H36N2. The third kappa shape index (κ3) is 4.69. The van der Waals surface area contributed by atoms with Crippen LogP contribution in [0.4, 0.5) is 0 Å². The summed E-state index contributed by atoms with van der Waals surface area (Å²) >= 11 is 0. The molecule has 2 heteroatoms. The standard InChI is InChI=1S/C60H36N2/c1-4-15-45-38(11-1)13-9-22-55(45)62-57-21-8-6-17-48(57)53-35-41(27-32-59(53)62)40-26-31-58-52(34-40)47-16-5-7-20-56(47)61(58)43-28-23-37(24-29-43)39-25-30-46-50-19-10-18-49-44-14-3-2-12-42(44)36-54(60(49)50)51(46)33-39/h1-36H. The molecule has 0 fully saturated rings. The molecule has 2 heterocycles. The van der Waals surface area contributed by atoms with Gasteiger partial charge < -0.3 is 9.13 Å². The Morgan fingerprint density at radius 3 is 1.53 bits per heavy atom. The van der Waals surface area contributed by atoms with Gasteiger partial charge in [0, 0.05) is 32.6 Å². The minimum absolute atomic E-state index is 1.15. The summed E-state index contributed by atoms with van der Waals surface area (Å²) in [7, 11) is 0. The average Bonchev–Trinajstić information content (AvgIpc) is 3.97. The highest BCUT2D eigenvalue weighted by Crippen LogP contribution is 2.50. The van der Waals surface area contributed by atoms with Gasteiger partial charge in [-0.25, -0.2) is 0 Å². The van der Waals surface area contributed by atoms with Gasteiger partial charge in [0.25, 0.3) is 0 Å². The van der Waals surface area contributed by atoms with Gasteiger partial charge in [-0.15, -0.1) is 0 Å². The van der Waals surface area contributed by atoms with Crippen molar-refractivity contribution in [1.82, 2.24) is 9.13 Å². The second-order valence-corrected chi connectivity index (χ2v) is 16.8. The lowest BCUT2D eigenvalue weighted by molar-refractivity contribution is 1.18. The molecule has 0 unspecified atom stereocenters. The van der Waals surface area contributed by atoms with Gasteiger partial charge >= 0.3 is 0 Å². The molecule has 0 atom stereocenters. The molecule has 62 heavy (non-hydrogen) atoms. The van der Waals surface area contributed by atoms with E-state index >= 15 is 0 Å². The van der Waals surface area contributed by atoms with E-state index in [9.17, 15) is 0 Å². The molecule has 0 bridgehead atoms. The smallest absolute Gasteiger partial charge is 0.0541 e. The van der Waals surface area contributed by atoms with Crippen molar-refractivity contribution in [3.63, 3.8) is 0 Å². The Kier molecular flexibility index (Phi) is 6.86. The molecule has 14 rings (SSSR count). The monoisotopic (exact) mass is 784 g/mol. The van der Waals surface area contributed by atoms with Crippen LogP contribution in [0.15, 0.2) is 218 Å². The Morgan fingerprint density at radius 1 is 0.242 bits per heavy atom. The van der Waals surface area contributed by atoms with Crippen LogP contribution in [0.25, 0.3) is 132 Å². The van der Waals surface area contributed by atoms with Gasteiger partial charge in [-0.05, 0) is 138 Å². The third-order valence-electron chi connectivity index (χ3n) is 13.6. The summed E-state index contributed by atoms with van der Waals surface area (Å²) in [5.41, 5.74) is 17.4. The molecule has 11 aromatic carbocycles. The Morgan fingerprint density at radius 2 is 0.774 bits per heavy atom. The van der Waals surface area contributed by atoms with E-state index in [0.717, 1.165) is 5.69 Å². The van der Waals surface area contributed by atoms with Gasteiger partial charge in [0.05, 0.1) is 27.8 Å². The molecule has 0 spiro atoms. The predicted molar refractivity (Wildman–Crippen MR) is 263 cm³/mol. The normalized spacial score (nSPS) is 12.2. The van der Waals surface area contributed by atoms with E-state index in [1.54, 1.807) is 0 Å². The number of benzene rings is 11. The van der Waals surface area contributed by atoms with Crippen LogP contribution in [0, 0.1) is 0 Å². The molecule has 0 amide bonds. The van der Waals surface area contributed by atoms with E-state index in [4.69, 9.17) is 0 Å². The largest absolute Gasteiger partial charge is 0.309 e.